The van der Waals surface area contributed by atoms with E-state index in [4.69, 9.17) is 33.2 Å². The summed E-state index contributed by atoms with van der Waals surface area (Å²) in [5, 5.41) is 60.8. The van der Waals surface area contributed by atoms with Gasteiger partial charge in [0.2, 0.25) is 0 Å². The molecular formula is C52H59NO18. The highest BCUT2D eigenvalue weighted by Gasteiger charge is 2.79. The van der Waals surface area contributed by atoms with Crippen LogP contribution in [0.1, 0.15) is 86.7 Å². The Kier molecular flexibility index (Phi) is 14.2. The maximum Gasteiger partial charge on any atom is 0.338 e. The van der Waals surface area contributed by atoms with E-state index in [-0.39, 0.29) is 28.7 Å². The van der Waals surface area contributed by atoms with E-state index in [2.05, 4.69) is 5.32 Å². The molecule has 2 saturated carbocycles. The van der Waals surface area contributed by atoms with Gasteiger partial charge < -0.3 is 64.0 Å². The van der Waals surface area contributed by atoms with E-state index in [1.807, 2.05) is 0 Å². The average Bonchev–Trinajstić information content (AvgIpc) is 3.34. The smallest absolute Gasteiger partial charge is 0.338 e. The average molecular weight is 986 g/mol. The SMILES string of the molecule is CC(=O)O[C@H]1C(=O)[C@@]2(C)[C@H]([C@H](OC(=O)c3ccccc3)[C@]3(O)C[C@H](OC(=O)[C@H](O)[C@@H](NC(=O)c4ccccc4)c4ccccc4)C(C)=C1C3(C)C)[C@]1(OC(C)=O)CO[C@@H]1C[C@H]2OC1OC[C@@H](O)[C@H](O)[C@@H]1O. The van der Waals surface area contributed by atoms with Crippen LogP contribution >= 0.6 is 0 Å². The minimum absolute atomic E-state index is 0.0120. The Morgan fingerprint density at radius 2 is 1.39 bits per heavy atom. The van der Waals surface area contributed by atoms with Crippen molar-refractivity contribution in [3.05, 3.63) is 119 Å². The minimum atomic E-state index is -2.51. The van der Waals surface area contributed by atoms with Crippen LogP contribution in [0.3, 0.4) is 0 Å². The maximum atomic E-state index is 16.2. The number of carbonyl (C=O) groups excluding carboxylic acids is 6. The van der Waals surface area contributed by atoms with Crippen LogP contribution in [-0.4, -0.2) is 147 Å². The van der Waals surface area contributed by atoms with E-state index in [0.29, 0.717) is 5.56 Å². The first kappa shape index (κ1) is 51.5. The van der Waals surface area contributed by atoms with Crippen LogP contribution < -0.4 is 5.32 Å². The van der Waals surface area contributed by atoms with Gasteiger partial charge in [-0.25, -0.2) is 9.59 Å². The molecule has 0 radical (unpaired) electrons. The molecule has 1 amide bonds. The lowest BCUT2D eigenvalue weighted by atomic mass is 9.44. The second-order valence-corrected chi connectivity index (χ2v) is 19.7. The summed E-state index contributed by atoms with van der Waals surface area (Å²) in [6.45, 7) is 7.24. The number of amides is 1. The molecule has 3 aromatic rings. The lowest BCUT2D eigenvalue weighted by molar-refractivity contribution is -0.366. The Hall–Kier alpha value is -5.90. The highest BCUT2D eigenvalue weighted by atomic mass is 16.7. The Labute approximate surface area is 409 Å². The highest BCUT2D eigenvalue weighted by molar-refractivity contribution is 5.96. The number of Topliss-reactive ketones (excluding diaryl/α,β-unsaturated/α-hetero) is 1. The molecule has 2 heterocycles. The number of hydrogen-bond donors (Lipinski definition) is 6. The summed E-state index contributed by atoms with van der Waals surface area (Å²) < 4.78 is 43.1. The first-order valence-corrected chi connectivity index (χ1v) is 23.4. The number of ether oxygens (including phenoxy) is 7. The molecule has 15 atom stereocenters. The van der Waals surface area contributed by atoms with E-state index in [0.717, 1.165) is 13.8 Å². The number of ketones is 1. The first-order valence-electron chi connectivity index (χ1n) is 23.4. The van der Waals surface area contributed by atoms with Gasteiger partial charge in [-0.1, -0.05) is 80.6 Å². The Morgan fingerprint density at radius 3 is 1.97 bits per heavy atom. The molecule has 71 heavy (non-hydrogen) atoms. The fourth-order valence-electron chi connectivity index (χ4n) is 11.4. The topological polar surface area (TPSA) is 280 Å². The summed E-state index contributed by atoms with van der Waals surface area (Å²) in [6.07, 6.45) is -17.9. The Bertz CT molecular complexity index is 2560. The third-order valence-electron chi connectivity index (χ3n) is 15.2. The van der Waals surface area contributed by atoms with Crippen LogP contribution in [0.25, 0.3) is 0 Å². The second kappa shape index (κ2) is 19.6. The zero-order valence-corrected chi connectivity index (χ0v) is 40.0. The van der Waals surface area contributed by atoms with E-state index in [9.17, 15) is 49.5 Å². The van der Waals surface area contributed by atoms with Crippen molar-refractivity contribution in [3.8, 4) is 0 Å². The molecule has 8 rings (SSSR count). The summed E-state index contributed by atoms with van der Waals surface area (Å²) in [5.41, 5.74) is -7.76. The van der Waals surface area contributed by atoms with Crippen LogP contribution in [0, 0.1) is 16.7 Å². The molecule has 3 aliphatic carbocycles. The minimum Gasteiger partial charge on any atom is -0.456 e. The molecule has 2 bridgehead atoms. The van der Waals surface area contributed by atoms with Gasteiger partial charge in [0.25, 0.3) is 5.91 Å². The number of benzene rings is 3. The molecular weight excluding hydrogens is 927 g/mol. The van der Waals surface area contributed by atoms with Gasteiger partial charge in [-0.2, -0.15) is 0 Å². The summed E-state index contributed by atoms with van der Waals surface area (Å²) in [7, 11) is 0. The van der Waals surface area contributed by atoms with Crippen molar-refractivity contribution in [2.24, 2.45) is 16.7 Å². The fourth-order valence-corrected chi connectivity index (χ4v) is 11.4. The number of fused-ring (bicyclic) bond motifs is 5. The summed E-state index contributed by atoms with van der Waals surface area (Å²) in [5.74, 6) is -7.31. The second-order valence-electron chi connectivity index (χ2n) is 19.7. The Morgan fingerprint density at radius 1 is 0.789 bits per heavy atom. The summed E-state index contributed by atoms with van der Waals surface area (Å²) >= 11 is 0. The van der Waals surface area contributed by atoms with Crippen LogP contribution in [-0.2, 0) is 52.3 Å². The molecule has 19 nitrogen and oxygen atoms in total. The highest BCUT2D eigenvalue weighted by Crippen LogP contribution is 2.65. The molecule has 6 N–H and O–H groups in total. The molecule has 0 spiro atoms. The normalized spacial score (nSPS) is 34.8. The van der Waals surface area contributed by atoms with Crippen LogP contribution in [0.5, 0.6) is 0 Å². The van der Waals surface area contributed by atoms with Gasteiger partial charge in [-0.3, -0.25) is 19.2 Å². The molecule has 1 unspecified atom stereocenters. The predicted molar refractivity (Wildman–Crippen MR) is 244 cm³/mol. The molecule has 2 saturated heterocycles. The lowest BCUT2D eigenvalue weighted by Gasteiger charge is -2.68. The zero-order chi connectivity index (χ0) is 51.4. The zero-order valence-electron chi connectivity index (χ0n) is 40.0. The predicted octanol–water partition coefficient (Wildman–Crippen LogP) is 2.20. The molecule has 3 aromatic carbocycles. The van der Waals surface area contributed by atoms with Gasteiger partial charge >= 0.3 is 23.9 Å². The van der Waals surface area contributed by atoms with Gasteiger partial charge in [-0.15, -0.1) is 0 Å². The van der Waals surface area contributed by atoms with Crippen LogP contribution in [0.2, 0.25) is 0 Å². The van der Waals surface area contributed by atoms with Crippen molar-refractivity contribution in [1.82, 2.24) is 5.32 Å². The van der Waals surface area contributed by atoms with Crippen LogP contribution in [0.15, 0.2) is 102 Å². The largest absolute Gasteiger partial charge is 0.456 e. The molecule has 0 aromatic heterocycles. The number of hydrogen-bond acceptors (Lipinski definition) is 18. The number of rotatable bonds is 12. The molecule has 19 heteroatoms. The molecule has 4 fully saturated rings. The number of carbonyl (C=O) groups is 6. The van der Waals surface area contributed by atoms with Gasteiger partial charge in [0.15, 0.2) is 29.9 Å². The van der Waals surface area contributed by atoms with Crippen molar-refractivity contribution >= 4 is 35.6 Å². The van der Waals surface area contributed by atoms with E-state index in [1.54, 1.807) is 78.9 Å². The maximum absolute atomic E-state index is 16.2. The van der Waals surface area contributed by atoms with E-state index < -0.39 is 150 Å². The van der Waals surface area contributed by atoms with E-state index >= 15 is 4.79 Å². The van der Waals surface area contributed by atoms with Crippen molar-refractivity contribution in [2.45, 2.75) is 133 Å². The Balaban J connectivity index is 1.30. The van der Waals surface area contributed by atoms with Crippen LogP contribution in [0.4, 0.5) is 0 Å². The summed E-state index contributed by atoms with van der Waals surface area (Å²) in [4.78, 5) is 85.6. The van der Waals surface area contributed by atoms with Crippen molar-refractivity contribution in [3.63, 3.8) is 0 Å². The van der Waals surface area contributed by atoms with Crippen molar-refractivity contribution < 1.29 is 87.5 Å². The van der Waals surface area contributed by atoms with Crippen molar-refractivity contribution in [1.29, 1.82) is 0 Å². The van der Waals surface area contributed by atoms with Gasteiger partial charge in [0.05, 0.1) is 42.3 Å². The number of aliphatic hydroxyl groups is 5. The number of nitrogens with one attached hydrogen (secondary N) is 1. The lowest BCUT2D eigenvalue weighted by Crippen LogP contribution is -2.82. The fraction of sp³-hybridized carbons (Fsp3) is 0.500. The quantitative estimate of drug-likeness (QED) is 0.0862. The van der Waals surface area contributed by atoms with Gasteiger partial charge in [0, 0.05) is 37.7 Å². The first-order chi connectivity index (χ1) is 33.6. The molecule has 5 aliphatic rings. The standard InChI is InChI=1S/C52H59NO18/c1-26-33(68-47(63)39(58)37(29-16-10-7-11-17-29)53-45(61)30-18-12-8-13-19-30)23-52(64)44(70-46(62)31-20-14-9-15-21-31)42-50(6,43(60)41(67-27(2)54)36(26)49(52,4)5)34(22-35-51(42,25-66-35)71-28(3)55)69-48-40(59)38(57)32(56)24-65-48/h7-21,32-35,37-42,44,48,56-59,64H,22-25H2,1-6H3,(H,53,61)/t32-,33+,34-,35-,37+,38+,39-,40+,41-,42+,44+,48?,50-,51+,52-/m1/s1. The number of esters is 4. The van der Waals surface area contributed by atoms with Gasteiger partial charge in [-0.05, 0) is 54.8 Å². The van der Waals surface area contributed by atoms with Gasteiger partial charge in [0.1, 0.15) is 42.2 Å². The van der Waals surface area contributed by atoms with E-state index in [1.165, 1.54) is 39.8 Å². The monoisotopic (exact) mass is 985 g/mol. The van der Waals surface area contributed by atoms with Crippen molar-refractivity contribution in [2.75, 3.05) is 13.2 Å². The third-order valence-corrected chi connectivity index (χ3v) is 15.2. The summed E-state index contributed by atoms with van der Waals surface area (Å²) in [6, 6.07) is 22.6. The molecule has 2 aliphatic heterocycles. The molecule has 380 valence electrons. The third kappa shape index (κ3) is 8.96. The number of aliphatic hydroxyl groups excluding tert-OH is 4.